The van der Waals surface area contributed by atoms with Crippen LogP contribution in [0.1, 0.15) is 15.9 Å². The molecule has 0 saturated heterocycles. The number of carboxylic acids is 1. The lowest BCUT2D eigenvalue weighted by molar-refractivity contribution is 0.0697. The fraction of sp³-hybridized carbons (Fsp3) is 0. The lowest BCUT2D eigenvalue weighted by atomic mass is 10.1. The fourth-order valence-electron chi connectivity index (χ4n) is 0.868. The zero-order chi connectivity index (χ0) is 10.7. The van der Waals surface area contributed by atoms with E-state index in [-0.39, 0.29) is 5.56 Å². The van der Waals surface area contributed by atoms with Gasteiger partial charge in [-0.15, -0.1) is 0 Å². The van der Waals surface area contributed by atoms with E-state index in [2.05, 4.69) is 15.9 Å². The topological polar surface area (TPSA) is 37.3 Å². The number of hydrogen-bond acceptors (Lipinski definition) is 1. The molecule has 5 heteroatoms. The predicted molar refractivity (Wildman–Crippen MR) is 69.1 cm³/mol. The van der Waals surface area contributed by atoms with Gasteiger partial charge < -0.3 is 5.11 Å². The molecule has 1 aromatic carbocycles. The van der Waals surface area contributed by atoms with Gasteiger partial charge in [0.2, 0.25) is 0 Å². The minimum atomic E-state index is -0.940. The van der Waals surface area contributed by atoms with Gasteiger partial charge in [-0.3, -0.25) is 0 Å². The number of carboxylic acid groups (broad SMARTS) is 1. The maximum absolute atomic E-state index is 10.6. The lowest BCUT2D eigenvalue weighted by Gasteiger charge is -2.00. The smallest absolute Gasteiger partial charge is 0.335 e. The Morgan fingerprint density at radius 2 is 1.71 bits per heavy atom. The normalized spacial score (nSPS) is 12.2. The van der Waals surface area contributed by atoms with Gasteiger partial charge in [0.15, 0.2) is 0 Å². The number of halogens is 3. The van der Waals surface area contributed by atoms with Crippen LogP contribution in [-0.2, 0) is 0 Å². The monoisotopic (exact) mass is 386 g/mol. The van der Waals surface area contributed by atoms with Crippen molar-refractivity contribution in [2.24, 2.45) is 0 Å². The van der Waals surface area contributed by atoms with Crippen LogP contribution in [0.15, 0.2) is 26.8 Å². The molecule has 0 unspecified atom stereocenters. The fourth-order valence-corrected chi connectivity index (χ4v) is 1.53. The van der Waals surface area contributed by atoms with E-state index in [1.54, 1.807) is 12.1 Å². The summed E-state index contributed by atoms with van der Waals surface area (Å²) in [5.41, 5.74) is 1.04. The Labute approximate surface area is 108 Å². The Hall–Kier alpha value is -0.0700. The quantitative estimate of drug-likeness (QED) is 0.777. The average Bonchev–Trinajstić information content (AvgIpc) is 2.16. The molecule has 2 nitrogen and oxygen atoms in total. The molecule has 0 aliphatic rings. The van der Waals surface area contributed by atoms with E-state index in [1.807, 2.05) is 22.6 Å². The molecule has 1 N–H and O–H groups in total. The van der Waals surface area contributed by atoms with E-state index in [4.69, 9.17) is 16.7 Å². The van der Waals surface area contributed by atoms with E-state index in [0.717, 1.165) is 8.05 Å². The second-order valence-corrected chi connectivity index (χ2v) is 6.19. The van der Waals surface area contributed by atoms with Gasteiger partial charge >= 0.3 is 5.97 Å². The highest BCUT2D eigenvalue weighted by molar-refractivity contribution is 14.1. The zero-order valence-electron chi connectivity index (χ0n) is 6.80. The molecular weight excluding hydrogens is 382 g/mol. The van der Waals surface area contributed by atoms with Gasteiger partial charge in [-0.2, -0.15) is 0 Å². The third kappa shape index (κ3) is 2.96. The summed E-state index contributed by atoms with van der Waals surface area (Å²) < 4.78 is 0.792. The Kier molecular flexibility index (Phi) is 4.40. The van der Waals surface area contributed by atoms with Crippen LogP contribution in [-0.4, -0.2) is 11.1 Å². The summed E-state index contributed by atoms with van der Waals surface area (Å²) in [7, 11) is 0. The molecule has 0 aliphatic heterocycles. The molecule has 0 atom stereocenters. The van der Waals surface area contributed by atoms with Gasteiger partial charge in [-0.25, -0.2) is 4.79 Å². The Morgan fingerprint density at radius 3 is 2.07 bits per heavy atom. The van der Waals surface area contributed by atoms with E-state index >= 15 is 0 Å². The molecule has 0 radical (unpaired) electrons. The first kappa shape index (κ1) is 12.0. The van der Waals surface area contributed by atoms with Crippen molar-refractivity contribution >= 4 is 61.1 Å². The standard InChI is InChI=1S/C9H5BrClIO2/c10-8(12)7(11)5-1-3-6(4-2-5)9(13)14/h1-4H,(H,13,14). The van der Waals surface area contributed by atoms with Crippen molar-refractivity contribution in [1.29, 1.82) is 0 Å². The number of aromatic carboxylic acids is 1. The van der Waals surface area contributed by atoms with Crippen molar-refractivity contribution in [2.45, 2.75) is 0 Å². The summed E-state index contributed by atoms with van der Waals surface area (Å²) in [6, 6.07) is 6.39. The summed E-state index contributed by atoms with van der Waals surface area (Å²) in [5, 5.41) is 9.24. The van der Waals surface area contributed by atoms with Crippen LogP contribution in [0.2, 0.25) is 0 Å². The van der Waals surface area contributed by atoms with Gasteiger partial charge in [0.05, 0.1) is 13.1 Å². The van der Waals surface area contributed by atoms with E-state index in [9.17, 15) is 4.79 Å². The van der Waals surface area contributed by atoms with Crippen molar-refractivity contribution in [3.05, 3.63) is 37.9 Å². The molecule has 0 amide bonds. The highest BCUT2D eigenvalue weighted by Gasteiger charge is 2.05. The minimum absolute atomic E-state index is 0.253. The second kappa shape index (κ2) is 5.14. The number of rotatable bonds is 2. The first-order valence-electron chi connectivity index (χ1n) is 3.57. The SMILES string of the molecule is O=C(O)c1ccc(C(Cl)=C(Br)I)cc1. The van der Waals surface area contributed by atoms with Crippen molar-refractivity contribution in [3.8, 4) is 0 Å². The van der Waals surface area contributed by atoms with Crippen LogP contribution in [0.5, 0.6) is 0 Å². The molecule has 0 saturated carbocycles. The summed E-state index contributed by atoms with van der Waals surface area (Å²) in [6.45, 7) is 0. The molecule has 74 valence electrons. The molecule has 0 bridgehead atoms. The van der Waals surface area contributed by atoms with E-state index in [0.29, 0.717) is 5.03 Å². The molecule has 0 aromatic heterocycles. The van der Waals surface area contributed by atoms with Crippen molar-refractivity contribution in [1.82, 2.24) is 0 Å². The number of hydrogen-bond donors (Lipinski definition) is 1. The van der Waals surface area contributed by atoms with Crippen LogP contribution >= 0.6 is 50.1 Å². The summed E-state index contributed by atoms with van der Waals surface area (Å²) >= 11 is 11.2. The number of carbonyl (C=O) groups is 1. The summed E-state index contributed by atoms with van der Waals surface area (Å²) in [6.07, 6.45) is 0. The van der Waals surface area contributed by atoms with Gasteiger partial charge in [0.1, 0.15) is 0 Å². The van der Waals surface area contributed by atoms with E-state index in [1.165, 1.54) is 12.1 Å². The molecule has 14 heavy (non-hydrogen) atoms. The van der Waals surface area contributed by atoms with Crippen molar-refractivity contribution < 1.29 is 9.90 Å². The van der Waals surface area contributed by atoms with Gasteiger partial charge in [-0.05, 0) is 56.2 Å². The first-order chi connectivity index (χ1) is 6.52. The van der Waals surface area contributed by atoms with Gasteiger partial charge in [0.25, 0.3) is 0 Å². The van der Waals surface area contributed by atoms with Crippen LogP contribution in [0, 0.1) is 0 Å². The third-order valence-electron chi connectivity index (χ3n) is 1.55. The minimum Gasteiger partial charge on any atom is -0.478 e. The van der Waals surface area contributed by atoms with Crippen molar-refractivity contribution in [3.63, 3.8) is 0 Å². The van der Waals surface area contributed by atoms with Gasteiger partial charge in [-0.1, -0.05) is 23.7 Å². The highest BCUT2D eigenvalue weighted by Crippen LogP contribution is 2.30. The second-order valence-electron chi connectivity index (χ2n) is 2.46. The molecule has 0 heterocycles. The van der Waals surface area contributed by atoms with Gasteiger partial charge in [0, 0.05) is 0 Å². The molecule has 1 aromatic rings. The molecule has 0 fully saturated rings. The molecular formula is C9H5BrClIO2. The maximum Gasteiger partial charge on any atom is 0.335 e. The summed E-state index contributed by atoms with van der Waals surface area (Å²) in [5.74, 6) is -0.940. The van der Waals surface area contributed by atoms with Crippen LogP contribution < -0.4 is 0 Å². The zero-order valence-corrected chi connectivity index (χ0v) is 11.3. The predicted octanol–water partition coefficient (Wildman–Crippen LogP) is 4.08. The Balaban J connectivity index is 3.06. The van der Waals surface area contributed by atoms with Crippen LogP contribution in [0.25, 0.3) is 5.03 Å². The number of benzene rings is 1. The van der Waals surface area contributed by atoms with Crippen molar-refractivity contribution in [2.75, 3.05) is 0 Å². The molecule has 0 aliphatic carbocycles. The van der Waals surface area contributed by atoms with E-state index < -0.39 is 5.97 Å². The largest absolute Gasteiger partial charge is 0.478 e. The Morgan fingerprint density at radius 1 is 1.29 bits per heavy atom. The average molecular weight is 387 g/mol. The molecule has 0 spiro atoms. The summed E-state index contributed by atoms with van der Waals surface area (Å²) in [4.78, 5) is 10.6. The molecule has 1 rings (SSSR count). The van der Waals surface area contributed by atoms with Crippen LogP contribution in [0.3, 0.4) is 0 Å². The third-order valence-corrected chi connectivity index (χ3v) is 3.44. The maximum atomic E-state index is 10.6. The first-order valence-corrected chi connectivity index (χ1v) is 5.82. The van der Waals surface area contributed by atoms with Crippen LogP contribution in [0.4, 0.5) is 0 Å². The Bertz CT molecular complexity index is 382. The highest BCUT2D eigenvalue weighted by atomic mass is 127. The lowest BCUT2D eigenvalue weighted by Crippen LogP contribution is -1.95.